The maximum atomic E-state index is 11.1. The van der Waals surface area contributed by atoms with Gasteiger partial charge in [-0.05, 0) is 18.7 Å². The molecule has 1 saturated heterocycles. The first kappa shape index (κ1) is 15.8. The molecule has 0 radical (unpaired) electrons. The van der Waals surface area contributed by atoms with Crippen LogP contribution < -0.4 is 9.47 Å². The zero-order valence-corrected chi connectivity index (χ0v) is 12.9. The molecule has 0 atom stereocenters. The van der Waals surface area contributed by atoms with E-state index in [0.29, 0.717) is 23.7 Å². The summed E-state index contributed by atoms with van der Waals surface area (Å²) in [5, 5.41) is 0. The molecular formula is C16H24N2O3. The first-order chi connectivity index (χ1) is 10.3. The van der Waals surface area contributed by atoms with Gasteiger partial charge in [-0.1, -0.05) is 13.0 Å². The summed E-state index contributed by atoms with van der Waals surface area (Å²) < 4.78 is 11.0. The number of rotatable bonds is 7. The van der Waals surface area contributed by atoms with Crippen LogP contribution in [0.15, 0.2) is 18.2 Å². The van der Waals surface area contributed by atoms with Crippen molar-refractivity contribution >= 4 is 6.29 Å². The summed E-state index contributed by atoms with van der Waals surface area (Å²) in [6.07, 6.45) is 0.803. The number of benzene rings is 1. The highest BCUT2D eigenvalue weighted by atomic mass is 16.5. The molecule has 1 aromatic carbocycles. The summed E-state index contributed by atoms with van der Waals surface area (Å²) in [7, 11) is 1.58. The lowest BCUT2D eigenvalue weighted by Gasteiger charge is -2.33. The number of hydrogen-bond acceptors (Lipinski definition) is 5. The maximum absolute atomic E-state index is 11.1. The molecule has 1 fully saturated rings. The average Bonchev–Trinajstić information content (AvgIpc) is 2.55. The molecule has 1 aliphatic heterocycles. The molecule has 2 rings (SSSR count). The van der Waals surface area contributed by atoms with Crippen LogP contribution in [0, 0.1) is 0 Å². The van der Waals surface area contributed by atoms with E-state index in [1.165, 1.54) is 0 Å². The SMILES string of the molecule is CCN1CCN(CCOc2c(C=O)cccc2OC)CC1. The molecule has 0 amide bonds. The van der Waals surface area contributed by atoms with Gasteiger partial charge in [-0.2, -0.15) is 0 Å². The van der Waals surface area contributed by atoms with E-state index in [-0.39, 0.29) is 0 Å². The molecule has 21 heavy (non-hydrogen) atoms. The molecule has 0 unspecified atom stereocenters. The molecule has 0 N–H and O–H groups in total. The number of hydrogen-bond donors (Lipinski definition) is 0. The van der Waals surface area contributed by atoms with E-state index in [2.05, 4.69) is 16.7 Å². The van der Waals surface area contributed by atoms with Gasteiger partial charge in [0.1, 0.15) is 6.61 Å². The van der Waals surface area contributed by atoms with E-state index in [9.17, 15) is 4.79 Å². The van der Waals surface area contributed by atoms with Gasteiger partial charge in [0.25, 0.3) is 0 Å². The third-order valence-corrected chi connectivity index (χ3v) is 3.92. The molecule has 0 spiro atoms. The van der Waals surface area contributed by atoms with Crippen LogP contribution in [0.3, 0.4) is 0 Å². The van der Waals surface area contributed by atoms with Gasteiger partial charge < -0.3 is 14.4 Å². The number of nitrogens with zero attached hydrogens (tertiary/aromatic N) is 2. The van der Waals surface area contributed by atoms with Gasteiger partial charge in [-0.3, -0.25) is 9.69 Å². The lowest BCUT2D eigenvalue weighted by molar-refractivity contribution is 0.110. The van der Waals surface area contributed by atoms with Crippen molar-refractivity contribution in [3.8, 4) is 11.5 Å². The number of para-hydroxylation sites is 1. The second-order valence-corrected chi connectivity index (χ2v) is 5.12. The molecule has 1 heterocycles. The van der Waals surface area contributed by atoms with E-state index in [1.807, 2.05) is 6.07 Å². The van der Waals surface area contributed by atoms with E-state index in [1.54, 1.807) is 19.2 Å². The molecule has 5 heteroatoms. The molecule has 1 aliphatic rings. The van der Waals surface area contributed by atoms with Crippen molar-refractivity contribution in [3.05, 3.63) is 23.8 Å². The minimum Gasteiger partial charge on any atom is -0.493 e. The number of carbonyl (C=O) groups excluding carboxylic acids is 1. The minimum absolute atomic E-state index is 0.533. The number of piperazine rings is 1. The fourth-order valence-electron chi connectivity index (χ4n) is 2.55. The number of aldehydes is 1. The van der Waals surface area contributed by atoms with Crippen molar-refractivity contribution in [2.45, 2.75) is 6.92 Å². The van der Waals surface area contributed by atoms with E-state index < -0.39 is 0 Å². The molecule has 116 valence electrons. The van der Waals surface area contributed by atoms with Crippen molar-refractivity contribution in [2.24, 2.45) is 0 Å². The van der Waals surface area contributed by atoms with Gasteiger partial charge in [0, 0.05) is 32.7 Å². The highest BCUT2D eigenvalue weighted by Gasteiger charge is 2.16. The quantitative estimate of drug-likeness (QED) is 0.713. The molecule has 5 nitrogen and oxygen atoms in total. The van der Waals surface area contributed by atoms with Crippen LogP contribution in [0.25, 0.3) is 0 Å². The monoisotopic (exact) mass is 292 g/mol. The Kier molecular flexibility index (Phi) is 6.02. The molecule has 0 bridgehead atoms. The van der Waals surface area contributed by atoms with Crippen LogP contribution in [-0.2, 0) is 0 Å². The molecule has 0 saturated carbocycles. The van der Waals surface area contributed by atoms with Gasteiger partial charge in [0.05, 0.1) is 12.7 Å². The average molecular weight is 292 g/mol. The normalized spacial score (nSPS) is 16.7. The first-order valence-electron chi connectivity index (χ1n) is 7.48. The lowest BCUT2D eigenvalue weighted by atomic mass is 10.2. The standard InChI is InChI=1S/C16H24N2O3/c1-3-17-7-9-18(10-8-17)11-12-21-16-14(13-19)5-4-6-15(16)20-2/h4-6,13H,3,7-12H2,1-2H3. The molecule has 1 aromatic rings. The zero-order chi connectivity index (χ0) is 15.1. The van der Waals surface area contributed by atoms with Crippen molar-refractivity contribution in [1.82, 2.24) is 9.80 Å². The Labute approximate surface area is 126 Å². The van der Waals surface area contributed by atoms with Gasteiger partial charge >= 0.3 is 0 Å². The molecule has 0 aromatic heterocycles. The van der Waals surface area contributed by atoms with Crippen LogP contribution in [0.2, 0.25) is 0 Å². The zero-order valence-electron chi connectivity index (χ0n) is 12.9. The number of methoxy groups -OCH3 is 1. The van der Waals surface area contributed by atoms with Crippen LogP contribution in [0.4, 0.5) is 0 Å². The van der Waals surface area contributed by atoms with Crippen molar-refractivity contribution in [3.63, 3.8) is 0 Å². The minimum atomic E-state index is 0.533. The predicted octanol–water partition coefficient (Wildman–Crippen LogP) is 1.52. The third-order valence-electron chi connectivity index (χ3n) is 3.92. The Morgan fingerprint density at radius 1 is 1.19 bits per heavy atom. The van der Waals surface area contributed by atoms with Crippen LogP contribution >= 0.6 is 0 Å². The van der Waals surface area contributed by atoms with Gasteiger partial charge in [0.15, 0.2) is 17.8 Å². The fraction of sp³-hybridized carbons (Fsp3) is 0.562. The van der Waals surface area contributed by atoms with Gasteiger partial charge in [0.2, 0.25) is 0 Å². The molecule has 0 aliphatic carbocycles. The van der Waals surface area contributed by atoms with Crippen molar-refractivity contribution in [2.75, 3.05) is 53.0 Å². The van der Waals surface area contributed by atoms with E-state index >= 15 is 0 Å². The van der Waals surface area contributed by atoms with Crippen molar-refractivity contribution < 1.29 is 14.3 Å². The van der Waals surface area contributed by atoms with Gasteiger partial charge in [-0.15, -0.1) is 0 Å². The number of ether oxygens (including phenoxy) is 2. The Balaban J connectivity index is 1.85. The summed E-state index contributed by atoms with van der Waals surface area (Å²) in [5.41, 5.74) is 0.533. The number of carbonyl (C=O) groups is 1. The highest BCUT2D eigenvalue weighted by Crippen LogP contribution is 2.29. The smallest absolute Gasteiger partial charge is 0.171 e. The predicted molar refractivity (Wildman–Crippen MR) is 82.4 cm³/mol. The first-order valence-corrected chi connectivity index (χ1v) is 7.48. The Morgan fingerprint density at radius 2 is 1.90 bits per heavy atom. The summed E-state index contributed by atoms with van der Waals surface area (Å²) in [6, 6.07) is 5.34. The van der Waals surface area contributed by atoms with E-state index in [0.717, 1.165) is 45.6 Å². The summed E-state index contributed by atoms with van der Waals surface area (Å²) in [5.74, 6) is 1.15. The topological polar surface area (TPSA) is 42.0 Å². The summed E-state index contributed by atoms with van der Waals surface area (Å²) >= 11 is 0. The van der Waals surface area contributed by atoms with Crippen LogP contribution in [0.5, 0.6) is 11.5 Å². The van der Waals surface area contributed by atoms with Crippen LogP contribution in [0.1, 0.15) is 17.3 Å². The largest absolute Gasteiger partial charge is 0.493 e. The van der Waals surface area contributed by atoms with Crippen LogP contribution in [-0.4, -0.2) is 69.1 Å². The Hall–Kier alpha value is -1.59. The lowest BCUT2D eigenvalue weighted by Crippen LogP contribution is -2.47. The van der Waals surface area contributed by atoms with E-state index in [4.69, 9.17) is 9.47 Å². The van der Waals surface area contributed by atoms with Gasteiger partial charge in [-0.25, -0.2) is 0 Å². The summed E-state index contributed by atoms with van der Waals surface area (Å²) in [4.78, 5) is 15.9. The maximum Gasteiger partial charge on any atom is 0.171 e. The fourth-order valence-corrected chi connectivity index (χ4v) is 2.55. The summed E-state index contributed by atoms with van der Waals surface area (Å²) in [6.45, 7) is 9.12. The molecular weight excluding hydrogens is 268 g/mol. The highest BCUT2D eigenvalue weighted by molar-refractivity contribution is 5.81. The second kappa shape index (κ2) is 8.00. The third kappa shape index (κ3) is 4.19. The second-order valence-electron chi connectivity index (χ2n) is 5.12. The number of likely N-dealkylation sites (N-methyl/N-ethyl adjacent to an activating group) is 1. The van der Waals surface area contributed by atoms with Crippen molar-refractivity contribution in [1.29, 1.82) is 0 Å². The Bertz CT molecular complexity index is 457. The Morgan fingerprint density at radius 3 is 2.52 bits per heavy atom.